The lowest BCUT2D eigenvalue weighted by Crippen LogP contribution is -2.54. The second-order valence-electron chi connectivity index (χ2n) is 4.80. The van der Waals surface area contributed by atoms with Gasteiger partial charge in [-0.15, -0.1) is 0 Å². The van der Waals surface area contributed by atoms with Crippen molar-refractivity contribution in [3.05, 3.63) is 0 Å². The van der Waals surface area contributed by atoms with Crippen LogP contribution in [0.15, 0.2) is 0 Å². The van der Waals surface area contributed by atoms with Gasteiger partial charge in [0.15, 0.2) is 0 Å². The second-order valence-corrected chi connectivity index (χ2v) is 4.80. The summed E-state index contributed by atoms with van der Waals surface area (Å²) >= 11 is 0. The van der Waals surface area contributed by atoms with Gasteiger partial charge in [-0.1, -0.05) is 0 Å². The molecule has 0 aromatic heterocycles. The Morgan fingerprint density at radius 2 is 2.27 bits per heavy atom. The molecule has 4 nitrogen and oxygen atoms in total. The topological polar surface area (TPSA) is 50.4 Å². The van der Waals surface area contributed by atoms with E-state index in [-0.39, 0.29) is 17.5 Å². The Morgan fingerprint density at radius 3 is 2.93 bits per heavy atom. The molecule has 0 radical (unpaired) electrons. The summed E-state index contributed by atoms with van der Waals surface area (Å²) in [5.41, 5.74) is -0.152. The maximum absolute atomic E-state index is 11.7. The minimum atomic E-state index is -0.152. The third-order valence-electron chi connectivity index (χ3n) is 2.61. The average molecular weight is 214 g/mol. The van der Waals surface area contributed by atoms with Gasteiger partial charge in [-0.2, -0.15) is 0 Å². The van der Waals surface area contributed by atoms with Crippen LogP contribution in [0.2, 0.25) is 0 Å². The lowest BCUT2D eigenvalue weighted by molar-refractivity contribution is -0.123. The lowest BCUT2D eigenvalue weighted by Gasteiger charge is -2.29. The molecule has 1 amide bonds. The molecule has 0 bridgehead atoms. The summed E-state index contributed by atoms with van der Waals surface area (Å²) < 4.78 is 5.12. The quantitative estimate of drug-likeness (QED) is 0.723. The summed E-state index contributed by atoms with van der Waals surface area (Å²) in [6, 6.07) is -0.0716. The Kier molecular flexibility index (Phi) is 4.54. The van der Waals surface area contributed by atoms with E-state index >= 15 is 0 Å². The molecule has 4 heteroatoms. The van der Waals surface area contributed by atoms with Crippen molar-refractivity contribution in [3.8, 4) is 0 Å². The van der Waals surface area contributed by atoms with Gasteiger partial charge in [0.1, 0.15) is 0 Å². The van der Waals surface area contributed by atoms with E-state index in [9.17, 15) is 4.79 Å². The molecule has 1 aliphatic heterocycles. The molecule has 0 spiro atoms. The molecule has 2 N–H and O–H groups in total. The van der Waals surface area contributed by atoms with Crippen LogP contribution in [0.25, 0.3) is 0 Å². The summed E-state index contributed by atoms with van der Waals surface area (Å²) in [7, 11) is 1.68. The summed E-state index contributed by atoms with van der Waals surface area (Å²) in [4.78, 5) is 11.7. The lowest BCUT2D eigenvalue weighted by atomic mass is 10.0. The van der Waals surface area contributed by atoms with E-state index in [0.29, 0.717) is 6.61 Å². The zero-order valence-electron chi connectivity index (χ0n) is 9.93. The highest BCUT2D eigenvalue weighted by Crippen LogP contribution is 2.11. The Bertz CT molecular complexity index is 217. The van der Waals surface area contributed by atoms with Gasteiger partial charge in [0.05, 0.1) is 12.6 Å². The number of nitrogens with one attached hydrogen (secondary N) is 2. The van der Waals surface area contributed by atoms with Crippen molar-refractivity contribution in [2.75, 3.05) is 20.3 Å². The standard InChI is InChI=1S/C11H22N2O2/c1-11(2,8-15-3)13-9-6-4-5-7-12-10(9)14/h9,13H,4-8H2,1-3H3,(H,12,14). The van der Waals surface area contributed by atoms with E-state index < -0.39 is 0 Å². The van der Waals surface area contributed by atoms with Gasteiger partial charge >= 0.3 is 0 Å². The summed E-state index contributed by atoms with van der Waals surface area (Å²) in [6.07, 6.45) is 3.09. The van der Waals surface area contributed by atoms with E-state index in [0.717, 1.165) is 25.8 Å². The van der Waals surface area contributed by atoms with E-state index in [4.69, 9.17) is 4.74 Å². The molecule has 0 saturated carbocycles. The van der Waals surface area contributed by atoms with Crippen LogP contribution in [0.1, 0.15) is 33.1 Å². The first kappa shape index (κ1) is 12.5. The largest absolute Gasteiger partial charge is 0.383 e. The first-order valence-corrected chi connectivity index (χ1v) is 5.59. The van der Waals surface area contributed by atoms with Gasteiger partial charge in [-0.3, -0.25) is 10.1 Å². The number of methoxy groups -OCH3 is 1. The number of amides is 1. The number of ether oxygens (including phenoxy) is 1. The van der Waals surface area contributed by atoms with Crippen molar-refractivity contribution in [1.82, 2.24) is 10.6 Å². The molecular weight excluding hydrogens is 192 g/mol. The molecule has 15 heavy (non-hydrogen) atoms. The van der Waals surface area contributed by atoms with E-state index in [1.807, 2.05) is 0 Å². The number of carbonyl (C=O) groups excluding carboxylic acids is 1. The smallest absolute Gasteiger partial charge is 0.237 e. The first-order chi connectivity index (χ1) is 7.05. The highest BCUT2D eigenvalue weighted by Gasteiger charge is 2.27. The van der Waals surface area contributed by atoms with Crippen molar-refractivity contribution < 1.29 is 9.53 Å². The molecular formula is C11H22N2O2. The SMILES string of the molecule is COCC(C)(C)NC1CCCCNC1=O. The highest BCUT2D eigenvalue weighted by molar-refractivity contribution is 5.82. The third kappa shape index (κ3) is 4.18. The fourth-order valence-corrected chi connectivity index (χ4v) is 1.95. The predicted molar refractivity (Wildman–Crippen MR) is 59.7 cm³/mol. The van der Waals surface area contributed by atoms with Crippen LogP contribution in [0, 0.1) is 0 Å². The second kappa shape index (κ2) is 5.47. The van der Waals surface area contributed by atoms with Gasteiger partial charge in [-0.25, -0.2) is 0 Å². The maximum atomic E-state index is 11.7. The van der Waals surface area contributed by atoms with Gasteiger partial charge in [-0.05, 0) is 33.1 Å². The van der Waals surface area contributed by atoms with Gasteiger partial charge < -0.3 is 10.1 Å². The van der Waals surface area contributed by atoms with Gasteiger partial charge in [0.2, 0.25) is 5.91 Å². The van der Waals surface area contributed by atoms with Crippen LogP contribution in [0.4, 0.5) is 0 Å². The van der Waals surface area contributed by atoms with Crippen molar-refractivity contribution in [3.63, 3.8) is 0 Å². The maximum Gasteiger partial charge on any atom is 0.237 e. The zero-order chi connectivity index (χ0) is 11.3. The van der Waals surface area contributed by atoms with Crippen molar-refractivity contribution in [1.29, 1.82) is 0 Å². The molecule has 1 fully saturated rings. The fraction of sp³-hybridized carbons (Fsp3) is 0.909. The monoisotopic (exact) mass is 214 g/mol. The summed E-state index contributed by atoms with van der Waals surface area (Å²) in [5, 5.41) is 6.27. The fourth-order valence-electron chi connectivity index (χ4n) is 1.95. The molecule has 0 aromatic rings. The molecule has 1 rings (SSSR count). The molecule has 1 heterocycles. The average Bonchev–Trinajstić information content (AvgIpc) is 2.31. The van der Waals surface area contributed by atoms with Gasteiger partial charge in [0, 0.05) is 19.2 Å². The molecule has 1 saturated heterocycles. The normalized spacial score (nSPS) is 23.4. The number of hydrogen-bond acceptors (Lipinski definition) is 3. The minimum absolute atomic E-state index is 0.0716. The first-order valence-electron chi connectivity index (χ1n) is 5.59. The van der Waals surface area contributed by atoms with Crippen LogP contribution in [0.5, 0.6) is 0 Å². The number of carbonyl (C=O) groups is 1. The van der Waals surface area contributed by atoms with Gasteiger partial charge in [0.25, 0.3) is 0 Å². The Hall–Kier alpha value is -0.610. The van der Waals surface area contributed by atoms with Crippen LogP contribution in [-0.4, -0.2) is 37.7 Å². The van der Waals surface area contributed by atoms with E-state index in [2.05, 4.69) is 24.5 Å². The molecule has 1 atom stereocenters. The minimum Gasteiger partial charge on any atom is -0.383 e. The van der Waals surface area contributed by atoms with Crippen LogP contribution in [-0.2, 0) is 9.53 Å². The Morgan fingerprint density at radius 1 is 1.53 bits per heavy atom. The highest BCUT2D eigenvalue weighted by atomic mass is 16.5. The summed E-state index contributed by atoms with van der Waals surface area (Å²) in [6.45, 7) is 5.52. The van der Waals surface area contributed by atoms with E-state index in [1.165, 1.54) is 0 Å². The Balaban J connectivity index is 2.50. The molecule has 1 unspecified atom stereocenters. The van der Waals surface area contributed by atoms with Crippen LogP contribution < -0.4 is 10.6 Å². The molecule has 1 aliphatic rings. The number of hydrogen-bond donors (Lipinski definition) is 2. The number of rotatable bonds is 4. The Labute approximate surface area is 91.8 Å². The van der Waals surface area contributed by atoms with Crippen molar-refractivity contribution >= 4 is 5.91 Å². The van der Waals surface area contributed by atoms with Crippen molar-refractivity contribution in [2.24, 2.45) is 0 Å². The molecule has 0 aromatic carbocycles. The van der Waals surface area contributed by atoms with E-state index in [1.54, 1.807) is 7.11 Å². The molecule has 88 valence electrons. The van der Waals surface area contributed by atoms with Crippen molar-refractivity contribution in [2.45, 2.75) is 44.7 Å². The predicted octanol–water partition coefficient (Wildman–Crippen LogP) is 0.670. The van der Waals surface area contributed by atoms with Crippen LogP contribution in [0.3, 0.4) is 0 Å². The third-order valence-corrected chi connectivity index (χ3v) is 2.61. The zero-order valence-corrected chi connectivity index (χ0v) is 9.93. The molecule has 0 aliphatic carbocycles. The summed E-state index contributed by atoms with van der Waals surface area (Å²) in [5.74, 6) is 0.122. The van der Waals surface area contributed by atoms with Crippen LogP contribution >= 0.6 is 0 Å².